The van der Waals surface area contributed by atoms with Crippen LogP contribution in [0, 0.1) is 0 Å². The van der Waals surface area contributed by atoms with Crippen molar-refractivity contribution < 1.29 is 10.0 Å². The van der Waals surface area contributed by atoms with Gasteiger partial charge in [0.15, 0.2) is 5.84 Å². The summed E-state index contributed by atoms with van der Waals surface area (Å²) in [6, 6.07) is 2.05. The highest BCUT2D eigenvalue weighted by Crippen LogP contribution is 2.35. The van der Waals surface area contributed by atoms with E-state index in [4.69, 9.17) is 10.9 Å². The molecule has 5 nitrogen and oxygen atoms in total. The Kier molecular flexibility index (Phi) is 4.42. The van der Waals surface area contributed by atoms with E-state index in [1.807, 2.05) is 6.92 Å². The summed E-state index contributed by atoms with van der Waals surface area (Å²) in [5.74, 6) is 0.0754. The van der Waals surface area contributed by atoms with Crippen molar-refractivity contribution in [2.45, 2.75) is 32.1 Å². The molecule has 1 heterocycles. The third-order valence-electron chi connectivity index (χ3n) is 3.52. The van der Waals surface area contributed by atoms with Crippen molar-refractivity contribution in [3.05, 3.63) is 21.9 Å². The van der Waals surface area contributed by atoms with Crippen LogP contribution in [0.4, 0.5) is 0 Å². The van der Waals surface area contributed by atoms with Crippen LogP contribution in [-0.2, 0) is 11.2 Å². The number of carbonyl (C=O) groups excluding carboxylic acids is 1. The van der Waals surface area contributed by atoms with E-state index in [1.54, 1.807) is 16.2 Å². The Labute approximate surface area is 116 Å². The van der Waals surface area contributed by atoms with E-state index in [0.29, 0.717) is 6.54 Å². The number of aryl methyl sites for hydroxylation is 1. The number of likely N-dealkylation sites (N-methyl/N-ethyl adjacent to an activating group) is 1. The first kappa shape index (κ1) is 13.9. The average molecular weight is 281 g/mol. The van der Waals surface area contributed by atoms with Crippen LogP contribution in [0.25, 0.3) is 0 Å². The molecule has 1 aromatic heterocycles. The first-order valence-corrected chi connectivity index (χ1v) is 7.36. The minimum absolute atomic E-state index is 0.0663. The van der Waals surface area contributed by atoms with Gasteiger partial charge in [-0.3, -0.25) is 4.79 Å². The molecule has 2 rings (SSSR count). The molecular weight excluding hydrogens is 262 g/mol. The zero-order valence-electron chi connectivity index (χ0n) is 11.0. The number of amides is 1. The molecule has 3 N–H and O–H groups in total. The van der Waals surface area contributed by atoms with Gasteiger partial charge in [-0.05, 0) is 43.2 Å². The van der Waals surface area contributed by atoms with E-state index in [0.717, 1.165) is 19.3 Å². The van der Waals surface area contributed by atoms with Crippen LogP contribution in [0.2, 0.25) is 0 Å². The van der Waals surface area contributed by atoms with Gasteiger partial charge in [-0.2, -0.15) is 0 Å². The zero-order valence-corrected chi connectivity index (χ0v) is 11.8. The summed E-state index contributed by atoms with van der Waals surface area (Å²) < 4.78 is 0. The Morgan fingerprint density at radius 1 is 1.68 bits per heavy atom. The van der Waals surface area contributed by atoms with Crippen LogP contribution in [0.15, 0.2) is 16.6 Å². The largest absolute Gasteiger partial charge is 0.409 e. The van der Waals surface area contributed by atoms with Crippen LogP contribution < -0.4 is 5.73 Å². The molecule has 6 heteroatoms. The number of thiophene rings is 1. The van der Waals surface area contributed by atoms with Crippen LogP contribution in [0.1, 0.15) is 36.1 Å². The Morgan fingerprint density at radius 3 is 3.16 bits per heavy atom. The highest BCUT2D eigenvalue weighted by molar-refractivity contribution is 7.10. The number of oxime groups is 1. The molecule has 0 spiro atoms. The van der Waals surface area contributed by atoms with Gasteiger partial charge in [0.1, 0.15) is 0 Å². The second-order valence-corrected chi connectivity index (χ2v) is 5.69. The van der Waals surface area contributed by atoms with Crippen molar-refractivity contribution in [3.63, 3.8) is 0 Å². The fourth-order valence-electron chi connectivity index (χ4n) is 2.54. The lowest BCUT2D eigenvalue weighted by Crippen LogP contribution is -2.41. The number of fused-ring (bicyclic) bond motifs is 1. The number of carbonyl (C=O) groups is 1. The fraction of sp³-hybridized carbons (Fsp3) is 0.538. The average Bonchev–Trinajstić information content (AvgIpc) is 2.91. The first-order chi connectivity index (χ1) is 9.17. The number of rotatable bonds is 4. The minimum Gasteiger partial charge on any atom is -0.409 e. The van der Waals surface area contributed by atoms with E-state index in [9.17, 15) is 4.79 Å². The summed E-state index contributed by atoms with van der Waals surface area (Å²) >= 11 is 1.73. The highest BCUT2D eigenvalue weighted by Gasteiger charge is 2.30. The van der Waals surface area contributed by atoms with Crippen molar-refractivity contribution in [1.82, 2.24) is 4.90 Å². The molecule has 104 valence electrons. The number of hydrogen-bond donors (Lipinski definition) is 2. The molecule has 0 radical (unpaired) electrons. The van der Waals surface area contributed by atoms with Gasteiger partial charge in [-0.1, -0.05) is 5.16 Å². The topological polar surface area (TPSA) is 78.9 Å². The summed E-state index contributed by atoms with van der Waals surface area (Å²) in [4.78, 5) is 15.5. The van der Waals surface area contributed by atoms with Crippen molar-refractivity contribution in [2.24, 2.45) is 10.9 Å². The smallest absolute Gasteiger partial charge is 0.230 e. The fourth-order valence-corrected chi connectivity index (χ4v) is 3.52. The number of amidine groups is 1. The van der Waals surface area contributed by atoms with Gasteiger partial charge in [-0.15, -0.1) is 11.3 Å². The summed E-state index contributed by atoms with van der Waals surface area (Å²) in [7, 11) is 0. The lowest BCUT2D eigenvalue weighted by molar-refractivity contribution is -0.132. The first-order valence-electron chi connectivity index (χ1n) is 6.48. The molecule has 1 unspecified atom stereocenters. The van der Waals surface area contributed by atoms with Gasteiger partial charge in [0.2, 0.25) is 5.91 Å². The molecule has 0 saturated heterocycles. The minimum atomic E-state index is -0.0681. The maximum Gasteiger partial charge on any atom is 0.230 e. The Hall–Kier alpha value is -1.56. The predicted molar refractivity (Wildman–Crippen MR) is 75.7 cm³/mol. The quantitative estimate of drug-likeness (QED) is 0.382. The van der Waals surface area contributed by atoms with Gasteiger partial charge in [0.05, 0.1) is 12.5 Å². The summed E-state index contributed by atoms with van der Waals surface area (Å²) in [6.45, 7) is 2.65. The molecule has 0 saturated carbocycles. The molecule has 0 aliphatic heterocycles. The number of hydrogen-bond acceptors (Lipinski definition) is 4. The second kappa shape index (κ2) is 6.06. The van der Waals surface area contributed by atoms with Gasteiger partial charge in [0.25, 0.3) is 0 Å². The lowest BCUT2D eigenvalue weighted by Gasteiger charge is -2.28. The van der Waals surface area contributed by atoms with Gasteiger partial charge < -0.3 is 15.8 Å². The Balaban J connectivity index is 2.16. The lowest BCUT2D eigenvalue weighted by atomic mass is 9.86. The zero-order chi connectivity index (χ0) is 13.8. The van der Waals surface area contributed by atoms with Crippen LogP contribution in [0.5, 0.6) is 0 Å². The standard InChI is InChI=1S/C13H19N3O2S/c1-2-16(8-12(14)15-18)13(17)10-4-3-5-11-9(10)6-7-19-11/h6-7,10,18H,2-5,8H2,1H3,(H2,14,15). The maximum atomic E-state index is 12.6. The molecule has 0 aromatic carbocycles. The third kappa shape index (κ3) is 2.89. The highest BCUT2D eigenvalue weighted by atomic mass is 32.1. The normalized spacial score (nSPS) is 19.0. The maximum absolute atomic E-state index is 12.6. The molecule has 1 aromatic rings. The Bertz CT molecular complexity index is 484. The molecule has 1 atom stereocenters. The van der Waals surface area contributed by atoms with Crippen LogP contribution in [-0.4, -0.2) is 34.9 Å². The summed E-state index contributed by atoms with van der Waals surface area (Å²) in [5, 5.41) is 13.6. The Morgan fingerprint density at radius 2 is 2.47 bits per heavy atom. The monoisotopic (exact) mass is 281 g/mol. The van der Waals surface area contributed by atoms with Gasteiger partial charge in [0, 0.05) is 11.4 Å². The predicted octanol–water partition coefficient (Wildman–Crippen LogP) is 1.76. The molecule has 0 fully saturated rings. The van der Waals surface area contributed by atoms with E-state index in [-0.39, 0.29) is 24.2 Å². The van der Waals surface area contributed by atoms with E-state index < -0.39 is 0 Å². The second-order valence-electron chi connectivity index (χ2n) is 4.69. The van der Waals surface area contributed by atoms with Gasteiger partial charge in [-0.25, -0.2) is 0 Å². The molecule has 19 heavy (non-hydrogen) atoms. The molecular formula is C13H19N3O2S. The van der Waals surface area contributed by atoms with Crippen molar-refractivity contribution in [2.75, 3.05) is 13.1 Å². The van der Waals surface area contributed by atoms with E-state index in [2.05, 4.69) is 16.6 Å². The number of nitrogens with zero attached hydrogens (tertiary/aromatic N) is 2. The van der Waals surface area contributed by atoms with Crippen LogP contribution in [0.3, 0.4) is 0 Å². The summed E-state index contributed by atoms with van der Waals surface area (Å²) in [6.07, 6.45) is 3.00. The third-order valence-corrected chi connectivity index (χ3v) is 4.52. The number of nitrogens with two attached hydrogens (primary N) is 1. The van der Waals surface area contributed by atoms with Crippen molar-refractivity contribution in [1.29, 1.82) is 0 Å². The van der Waals surface area contributed by atoms with E-state index in [1.165, 1.54) is 10.4 Å². The molecule has 1 aliphatic carbocycles. The van der Waals surface area contributed by atoms with Crippen molar-refractivity contribution in [3.8, 4) is 0 Å². The van der Waals surface area contributed by atoms with Crippen molar-refractivity contribution >= 4 is 23.1 Å². The molecule has 1 amide bonds. The van der Waals surface area contributed by atoms with E-state index >= 15 is 0 Å². The van der Waals surface area contributed by atoms with Crippen LogP contribution >= 0.6 is 11.3 Å². The molecule has 1 aliphatic rings. The van der Waals surface area contributed by atoms with Gasteiger partial charge >= 0.3 is 0 Å². The molecule has 0 bridgehead atoms. The summed E-state index contributed by atoms with van der Waals surface area (Å²) in [5.41, 5.74) is 6.67. The SMILES string of the molecule is CCN(C/C(N)=N/O)C(=O)C1CCCc2sccc21.